The topological polar surface area (TPSA) is 40.3 Å². The molecule has 0 amide bonds. The van der Waals surface area contributed by atoms with Crippen LogP contribution in [0.1, 0.15) is 83.5 Å². The highest BCUT2D eigenvalue weighted by Crippen LogP contribution is 2.36. The summed E-state index contributed by atoms with van der Waals surface area (Å²) in [5, 5.41) is 11.5. The number of hydrogen-bond acceptors (Lipinski definition) is 4. The zero-order valence-corrected chi connectivity index (χ0v) is 14.4. The standard InChI is InChI=1S/C19H32N4/c1-2-6-15(7-3-1)14-20-16-10-12-17(13-11-16)23-19-9-5-4-8-18(19)21-22-23/h14-19H,1-13H2. The van der Waals surface area contributed by atoms with Crippen molar-refractivity contribution < 1.29 is 0 Å². The van der Waals surface area contributed by atoms with Gasteiger partial charge in [-0.05, 0) is 57.3 Å². The van der Waals surface area contributed by atoms with E-state index in [1.165, 1.54) is 83.5 Å². The Morgan fingerprint density at radius 2 is 1.52 bits per heavy atom. The van der Waals surface area contributed by atoms with Gasteiger partial charge in [0.05, 0.1) is 12.1 Å². The van der Waals surface area contributed by atoms with Crippen LogP contribution in [0.5, 0.6) is 0 Å². The van der Waals surface area contributed by atoms with Gasteiger partial charge in [0.15, 0.2) is 0 Å². The summed E-state index contributed by atoms with van der Waals surface area (Å²) in [6, 6.07) is 2.34. The number of fused-ring (bicyclic) bond motifs is 1. The highest BCUT2D eigenvalue weighted by molar-refractivity contribution is 5.61. The first kappa shape index (κ1) is 15.6. The molecule has 4 nitrogen and oxygen atoms in total. The first-order valence-corrected chi connectivity index (χ1v) is 10.1. The third-order valence-corrected chi connectivity index (χ3v) is 6.53. The fraction of sp³-hybridized carbons (Fsp3) is 0.947. The van der Waals surface area contributed by atoms with E-state index >= 15 is 0 Å². The molecular formula is C19H32N4. The molecule has 0 bridgehead atoms. The quantitative estimate of drug-likeness (QED) is 0.680. The van der Waals surface area contributed by atoms with E-state index in [0.29, 0.717) is 24.2 Å². The lowest BCUT2D eigenvalue weighted by molar-refractivity contribution is 0.0984. The van der Waals surface area contributed by atoms with E-state index in [2.05, 4.69) is 21.6 Å². The second kappa shape index (κ2) is 7.31. The Bertz CT molecular complexity index is 433. The molecule has 23 heavy (non-hydrogen) atoms. The summed E-state index contributed by atoms with van der Waals surface area (Å²) in [5.41, 5.74) is 0. The molecule has 4 rings (SSSR count). The molecule has 3 fully saturated rings. The van der Waals surface area contributed by atoms with E-state index < -0.39 is 0 Å². The van der Waals surface area contributed by atoms with Crippen molar-refractivity contribution in [3.05, 3.63) is 0 Å². The van der Waals surface area contributed by atoms with Crippen molar-refractivity contribution in [2.75, 3.05) is 0 Å². The minimum absolute atomic E-state index is 0.505. The predicted octanol–water partition coefficient (Wildman–Crippen LogP) is 4.94. The van der Waals surface area contributed by atoms with Crippen molar-refractivity contribution in [1.82, 2.24) is 5.01 Å². The number of aliphatic imine (C=N–C) groups is 1. The maximum Gasteiger partial charge on any atom is 0.0949 e. The van der Waals surface area contributed by atoms with Gasteiger partial charge in [0.2, 0.25) is 0 Å². The Labute approximate surface area is 140 Å². The molecule has 0 aromatic heterocycles. The average molecular weight is 316 g/mol. The molecule has 0 spiro atoms. The van der Waals surface area contributed by atoms with Crippen molar-refractivity contribution in [1.29, 1.82) is 0 Å². The van der Waals surface area contributed by atoms with Crippen molar-refractivity contribution in [3.63, 3.8) is 0 Å². The molecule has 0 aromatic carbocycles. The van der Waals surface area contributed by atoms with Gasteiger partial charge in [-0.15, -0.1) is 0 Å². The van der Waals surface area contributed by atoms with Crippen LogP contribution >= 0.6 is 0 Å². The predicted molar refractivity (Wildman–Crippen MR) is 93.9 cm³/mol. The summed E-state index contributed by atoms with van der Waals surface area (Å²) in [4.78, 5) is 4.95. The van der Waals surface area contributed by atoms with Gasteiger partial charge in [-0.1, -0.05) is 37.3 Å². The molecule has 3 aliphatic carbocycles. The lowest BCUT2D eigenvalue weighted by Crippen LogP contribution is -2.44. The first-order chi connectivity index (χ1) is 11.4. The average Bonchev–Trinajstić information content (AvgIpc) is 3.05. The first-order valence-electron chi connectivity index (χ1n) is 10.1. The normalized spacial score (nSPS) is 39.0. The summed E-state index contributed by atoms with van der Waals surface area (Å²) in [6.07, 6.45) is 19.6. The van der Waals surface area contributed by atoms with Gasteiger partial charge >= 0.3 is 0 Å². The van der Waals surface area contributed by atoms with Gasteiger partial charge in [0.25, 0.3) is 0 Å². The van der Waals surface area contributed by atoms with Crippen LogP contribution in [-0.4, -0.2) is 35.4 Å². The van der Waals surface area contributed by atoms with Gasteiger partial charge in [0, 0.05) is 18.3 Å². The van der Waals surface area contributed by atoms with Crippen LogP contribution in [0.25, 0.3) is 0 Å². The molecule has 0 saturated heterocycles. The smallest absolute Gasteiger partial charge is 0.0949 e. The molecule has 128 valence electrons. The zero-order chi connectivity index (χ0) is 15.5. The summed E-state index contributed by atoms with van der Waals surface area (Å²) in [6.45, 7) is 0. The lowest BCUT2D eigenvalue weighted by atomic mass is 9.86. The van der Waals surface area contributed by atoms with Gasteiger partial charge in [0.1, 0.15) is 0 Å². The fourth-order valence-electron chi connectivity index (χ4n) is 5.07. The van der Waals surface area contributed by atoms with Gasteiger partial charge in [-0.2, -0.15) is 5.11 Å². The van der Waals surface area contributed by atoms with Gasteiger partial charge < -0.3 is 0 Å². The highest BCUT2D eigenvalue weighted by Gasteiger charge is 2.39. The lowest BCUT2D eigenvalue weighted by Gasteiger charge is -2.37. The van der Waals surface area contributed by atoms with Crippen LogP contribution in [0, 0.1) is 5.92 Å². The van der Waals surface area contributed by atoms with E-state index in [9.17, 15) is 0 Å². The molecule has 3 saturated carbocycles. The molecule has 2 unspecified atom stereocenters. The van der Waals surface area contributed by atoms with E-state index in [-0.39, 0.29) is 0 Å². The van der Waals surface area contributed by atoms with E-state index in [1.54, 1.807) is 0 Å². The van der Waals surface area contributed by atoms with Gasteiger partial charge in [-0.25, -0.2) is 0 Å². The van der Waals surface area contributed by atoms with Crippen LogP contribution in [-0.2, 0) is 0 Å². The Balaban J connectivity index is 1.26. The van der Waals surface area contributed by atoms with Crippen LogP contribution in [0.2, 0.25) is 0 Å². The SMILES string of the molecule is C(=NC1CCC(N2N=NC3CCCCC32)CC1)C1CCCCC1. The Morgan fingerprint density at radius 3 is 2.35 bits per heavy atom. The Morgan fingerprint density at radius 1 is 0.783 bits per heavy atom. The molecule has 2 atom stereocenters. The minimum Gasteiger partial charge on any atom is -0.294 e. The summed E-state index contributed by atoms with van der Waals surface area (Å²) in [7, 11) is 0. The molecule has 0 N–H and O–H groups in total. The summed E-state index contributed by atoms with van der Waals surface area (Å²) >= 11 is 0. The largest absolute Gasteiger partial charge is 0.294 e. The van der Waals surface area contributed by atoms with Crippen LogP contribution in [0.15, 0.2) is 15.3 Å². The minimum atomic E-state index is 0.505. The van der Waals surface area contributed by atoms with Crippen molar-refractivity contribution in [2.45, 2.75) is 108 Å². The molecule has 4 aliphatic rings. The van der Waals surface area contributed by atoms with Gasteiger partial charge in [-0.3, -0.25) is 10.0 Å². The molecule has 1 aliphatic heterocycles. The molecule has 0 aromatic rings. The van der Waals surface area contributed by atoms with E-state index in [0.717, 1.165) is 5.92 Å². The summed E-state index contributed by atoms with van der Waals surface area (Å²) in [5.74, 6) is 0.775. The fourth-order valence-corrected chi connectivity index (χ4v) is 5.07. The van der Waals surface area contributed by atoms with E-state index in [4.69, 9.17) is 4.99 Å². The number of nitrogens with zero attached hydrogens (tertiary/aromatic N) is 4. The maximum atomic E-state index is 4.95. The highest BCUT2D eigenvalue weighted by atomic mass is 15.6. The molecule has 4 heteroatoms. The Hall–Kier alpha value is -0.930. The maximum absolute atomic E-state index is 4.95. The second-order valence-electron chi connectivity index (χ2n) is 8.16. The second-order valence-corrected chi connectivity index (χ2v) is 8.16. The molecule has 0 radical (unpaired) electrons. The van der Waals surface area contributed by atoms with Crippen molar-refractivity contribution in [3.8, 4) is 0 Å². The Kier molecular flexibility index (Phi) is 4.96. The number of hydrogen-bond donors (Lipinski definition) is 0. The van der Waals surface area contributed by atoms with Crippen molar-refractivity contribution >= 4 is 6.21 Å². The van der Waals surface area contributed by atoms with Crippen LogP contribution < -0.4 is 0 Å². The molecule has 1 heterocycles. The number of rotatable bonds is 3. The monoisotopic (exact) mass is 316 g/mol. The van der Waals surface area contributed by atoms with E-state index in [1.807, 2.05) is 0 Å². The van der Waals surface area contributed by atoms with Crippen LogP contribution in [0.4, 0.5) is 0 Å². The van der Waals surface area contributed by atoms with Crippen LogP contribution in [0.3, 0.4) is 0 Å². The third kappa shape index (κ3) is 3.61. The third-order valence-electron chi connectivity index (χ3n) is 6.53. The molecular weight excluding hydrogens is 284 g/mol. The van der Waals surface area contributed by atoms with Crippen molar-refractivity contribution in [2.24, 2.45) is 21.2 Å². The zero-order valence-electron chi connectivity index (χ0n) is 14.4. The summed E-state index contributed by atoms with van der Waals surface area (Å²) < 4.78 is 0.